The molecule has 2 N–H and O–H groups in total. The van der Waals surface area contributed by atoms with Gasteiger partial charge in [0, 0.05) is 30.8 Å². The first-order valence-electron chi connectivity index (χ1n) is 6.43. The number of hydrogen-bond acceptors (Lipinski definition) is 5. The van der Waals surface area contributed by atoms with E-state index in [1.165, 1.54) is 6.33 Å². The van der Waals surface area contributed by atoms with Crippen molar-refractivity contribution in [2.24, 2.45) is 0 Å². The van der Waals surface area contributed by atoms with Gasteiger partial charge in [0.05, 0.1) is 0 Å². The fourth-order valence-corrected chi connectivity index (χ4v) is 1.89. The van der Waals surface area contributed by atoms with Gasteiger partial charge in [0.25, 0.3) is 5.78 Å². The van der Waals surface area contributed by atoms with E-state index in [0.717, 1.165) is 24.4 Å². The second-order valence-electron chi connectivity index (χ2n) is 4.77. The Balaban J connectivity index is 1.61. The van der Waals surface area contributed by atoms with Crippen LogP contribution in [0, 0.1) is 6.92 Å². The summed E-state index contributed by atoms with van der Waals surface area (Å²) in [5.41, 5.74) is 0.866. The molecular formula is C12H16N6O. The van der Waals surface area contributed by atoms with Gasteiger partial charge in [0.15, 0.2) is 0 Å². The summed E-state index contributed by atoms with van der Waals surface area (Å²) in [5.74, 6) is 1.46. The van der Waals surface area contributed by atoms with Crippen LogP contribution >= 0.6 is 0 Å². The maximum atomic E-state index is 11.6. The Morgan fingerprint density at radius 1 is 1.53 bits per heavy atom. The van der Waals surface area contributed by atoms with Gasteiger partial charge < -0.3 is 10.6 Å². The third-order valence-electron chi connectivity index (χ3n) is 2.98. The van der Waals surface area contributed by atoms with E-state index in [2.05, 4.69) is 25.7 Å². The van der Waals surface area contributed by atoms with E-state index in [0.29, 0.717) is 24.8 Å². The fraction of sp³-hybridized carbons (Fsp3) is 0.500. The summed E-state index contributed by atoms with van der Waals surface area (Å²) < 4.78 is 1.63. The minimum absolute atomic E-state index is 0.0932. The summed E-state index contributed by atoms with van der Waals surface area (Å²) in [4.78, 5) is 19.9. The van der Waals surface area contributed by atoms with Crippen molar-refractivity contribution in [3.8, 4) is 0 Å². The van der Waals surface area contributed by atoms with Crippen molar-refractivity contribution in [1.29, 1.82) is 0 Å². The summed E-state index contributed by atoms with van der Waals surface area (Å²) in [6.07, 6.45) is 4.14. The monoisotopic (exact) mass is 260 g/mol. The summed E-state index contributed by atoms with van der Waals surface area (Å²) in [6, 6.07) is 2.30. The predicted octanol–water partition coefficient (Wildman–Crippen LogP) is 0.513. The highest BCUT2D eigenvalue weighted by Crippen LogP contribution is 2.18. The Morgan fingerprint density at radius 2 is 2.37 bits per heavy atom. The van der Waals surface area contributed by atoms with E-state index in [-0.39, 0.29) is 5.91 Å². The Hall–Kier alpha value is -2.18. The zero-order valence-corrected chi connectivity index (χ0v) is 10.8. The average Bonchev–Trinajstić information content (AvgIpc) is 3.04. The predicted molar refractivity (Wildman–Crippen MR) is 69.8 cm³/mol. The highest BCUT2D eigenvalue weighted by molar-refractivity contribution is 5.77. The number of nitrogens with zero attached hydrogens (tertiary/aromatic N) is 4. The summed E-state index contributed by atoms with van der Waals surface area (Å²) in [6.45, 7) is 2.47. The van der Waals surface area contributed by atoms with Crippen LogP contribution in [-0.4, -0.2) is 38.1 Å². The lowest BCUT2D eigenvalue weighted by Crippen LogP contribution is -2.27. The first-order valence-corrected chi connectivity index (χ1v) is 6.43. The Kier molecular flexibility index (Phi) is 3.02. The molecule has 0 unspecified atom stereocenters. The molecule has 0 saturated heterocycles. The molecule has 1 saturated carbocycles. The third kappa shape index (κ3) is 2.81. The molecule has 2 aromatic heterocycles. The second-order valence-corrected chi connectivity index (χ2v) is 4.77. The number of rotatable bonds is 5. The van der Waals surface area contributed by atoms with E-state index < -0.39 is 0 Å². The Labute approximate surface area is 110 Å². The largest absolute Gasteiger partial charge is 0.369 e. The molecule has 1 aliphatic rings. The van der Waals surface area contributed by atoms with E-state index in [1.54, 1.807) is 4.52 Å². The first kappa shape index (κ1) is 11.9. The number of amides is 1. The number of hydrogen-bond donors (Lipinski definition) is 2. The lowest BCUT2D eigenvalue weighted by molar-refractivity contribution is -0.120. The van der Waals surface area contributed by atoms with Crippen LogP contribution in [0.2, 0.25) is 0 Å². The number of aryl methyl sites for hydroxylation is 1. The quantitative estimate of drug-likeness (QED) is 0.818. The van der Waals surface area contributed by atoms with Gasteiger partial charge in [-0.05, 0) is 19.8 Å². The first-order chi connectivity index (χ1) is 9.22. The molecule has 0 aliphatic heterocycles. The van der Waals surface area contributed by atoms with E-state index >= 15 is 0 Å². The molecular weight excluding hydrogens is 244 g/mol. The van der Waals surface area contributed by atoms with Crippen LogP contribution in [-0.2, 0) is 4.79 Å². The molecule has 7 heteroatoms. The molecule has 0 spiro atoms. The molecule has 1 aliphatic carbocycles. The normalized spacial score (nSPS) is 14.6. The smallest absolute Gasteiger partial charge is 0.254 e. The van der Waals surface area contributed by atoms with E-state index in [1.807, 2.05) is 13.0 Å². The van der Waals surface area contributed by atoms with Gasteiger partial charge in [-0.2, -0.15) is 14.6 Å². The molecule has 0 atom stereocenters. The number of carbonyl (C=O) groups excluding carboxylic acids is 1. The summed E-state index contributed by atoms with van der Waals surface area (Å²) in [7, 11) is 0. The molecule has 100 valence electrons. The SMILES string of the molecule is Cc1cc(NCCC(=O)NC2CC2)n2ncnc2n1. The minimum Gasteiger partial charge on any atom is -0.369 e. The maximum Gasteiger partial charge on any atom is 0.254 e. The van der Waals surface area contributed by atoms with E-state index in [9.17, 15) is 4.79 Å². The molecule has 1 amide bonds. The highest BCUT2D eigenvalue weighted by atomic mass is 16.1. The molecule has 2 heterocycles. The van der Waals surface area contributed by atoms with Crippen molar-refractivity contribution in [3.63, 3.8) is 0 Å². The zero-order valence-electron chi connectivity index (χ0n) is 10.8. The molecule has 0 radical (unpaired) electrons. The lowest BCUT2D eigenvalue weighted by Gasteiger charge is -2.08. The topological polar surface area (TPSA) is 84.2 Å². The van der Waals surface area contributed by atoms with Gasteiger partial charge in [0.2, 0.25) is 5.91 Å². The van der Waals surface area contributed by atoms with Gasteiger partial charge in [-0.25, -0.2) is 4.98 Å². The van der Waals surface area contributed by atoms with Gasteiger partial charge in [0.1, 0.15) is 12.1 Å². The van der Waals surface area contributed by atoms with Crippen LogP contribution in [0.4, 0.5) is 5.82 Å². The van der Waals surface area contributed by atoms with Crippen LogP contribution in [0.5, 0.6) is 0 Å². The van der Waals surface area contributed by atoms with Crippen LogP contribution in [0.3, 0.4) is 0 Å². The number of fused-ring (bicyclic) bond motifs is 1. The molecule has 2 aromatic rings. The highest BCUT2D eigenvalue weighted by Gasteiger charge is 2.22. The maximum absolute atomic E-state index is 11.6. The van der Waals surface area contributed by atoms with Gasteiger partial charge >= 0.3 is 0 Å². The second kappa shape index (κ2) is 4.83. The van der Waals surface area contributed by atoms with Crippen molar-refractivity contribution in [2.75, 3.05) is 11.9 Å². The Bertz CT molecular complexity index is 603. The standard InChI is InChI=1S/C12H16N6O/c1-8-6-10(18-12(16-8)14-7-15-18)13-5-4-11(19)17-9-2-3-9/h6-7,9,13H,2-5H2,1H3,(H,17,19). The van der Waals surface area contributed by atoms with Crippen LogP contribution in [0.1, 0.15) is 25.0 Å². The molecule has 0 aromatic carbocycles. The summed E-state index contributed by atoms with van der Waals surface area (Å²) in [5, 5.41) is 10.3. The van der Waals surface area contributed by atoms with Crippen molar-refractivity contribution < 1.29 is 4.79 Å². The summed E-state index contributed by atoms with van der Waals surface area (Å²) >= 11 is 0. The Morgan fingerprint density at radius 3 is 3.16 bits per heavy atom. The minimum atomic E-state index is 0.0932. The van der Waals surface area contributed by atoms with Crippen LogP contribution in [0.15, 0.2) is 12.4 Å². The molecule has 3 rings (SSSR count). The third-order valence-corrected chi connectivity index (χ3v) is 2.98. The van der Waals surface area contributed by atoms with Crippen molar-refractivity contribution >= 4 is 17.5 Å². The van der Waals surface area contributed by atoms with E-state index in [4.69, 9.17) is 0 Å². The molecule has 7 nitrogen and oxygen atoms in total. The lowest BCUT2D eigenvalue weighted by atomic mass is 10.3. The van der Waals surface area contributed by atoms with Crippen LogP contribution in [0.25, 0.3) is 5.78 Å². The number of anilines is 1. The van der Waals surface area contributed by atoms with Gasteiger partial charge in [-0.1, -0.05) is 0 Å². The molecule has 0 bridgehead atoms. The fourth-order valence-electron chi connectivity index (χ4n) is 1.89. The number of carbonyl (C=O) groups is 1. The van der Waals surface area contributed by atoms with Crippen molar-refractivity contribution in [2.45, 2.75) is 32.2 Å². The van der Waals surface area contributed by atoms with Gasteiger partial charge in [-0.3, -0.25) is 4.79 Å². The van der Waals surface area contributed by atoms with Crippen molar-refractivity contribution in [1.82, 2.24) is 24.9 Å². The van der Waals surface area contributed by atoms with Crippen LogP contribution < -0.4 is 10.6 Å². The van der Waals surface area contributed by atoms with Gasteiger partial charge in [-0.15, -0.1) is 0 Å². The molecule has 19 heavy (non-hydrogen) atoms. The average molecular weight is 260 g/mol. The number of aromatic nitrogens is 4. The van der Waals surface area contributed by atoms with Crippen molar-refractivity contribution in [3.05, 3.63) is 18.1 Å². The number of nitrogens with one attached hydrogen (secondary N) is 2. The molecule has 1 fully saturated rings. The zero-order chi connectivity index (χ0) is 13.2.